The van der Waals surface area contributed by atoms with Crippen LogP contribution in [0.4, 0.5) is 0 Å². The van der Waals surface area contributed by atoms with Gasteiger partial charge in [-0.25, -0.2) is 4.99 Å². The Labute approximate surface area is 319 Å². The van der Waals surface area contributed by atoms with Crippen LogP contribution in [0.2, 0.25) is 0 Å². The summed E-state index contributed by atoms with van der Waals surface area (Å²) >= 11 is 0. The van der Waals surface area contributed by atoms with E-state index < -0.39 is 0 Å². The first kappa shape index (κ1) is 34.0. The molecule has 0 amide bonds. The van der Waals surface area contributed by atoms with Gasteiger partial charge in [-0.3, -0.25) is 4.99 Å². The fraction of sp³-hybridized carbons (Fsp3) is 0.0638. The molecule has 3 aliphatic rings. The van der Waals surface area contributed by atoms with E-state index in [4.69, 9.17) is 19.7 Å². The molecule has 0 saturated carbocycles. The third-order valence-electron chi connectivity index (χ3n) is 9.48. The molecule has 0 aliphatic carbocycles. The van der Waals surface area contributed by atoms with E-state index in [2.05, 4.69) is 150 Å². The van der Waals surface area contributed by atoms with Gasteiger partial charge in [-0.15, -0.1) is 16.3 Å². The molecule has 9 rings (SSSR count). The minimum Gasteiger partial charge on any atom is -0.657 e. The number of hydrogen-bond acceptors (Lipinski definition) is 3. The molecule has 3 aliphatic heterocycles. The van der Waals surface area contributed by atoms with Crippen molar-refractivity contribution in [2.24, 2.45) is 9.98 Å². The van der Waals surface area contributed by atoms with Crippen LogP contribution in [0.25, 0.3) is 22.3 Å². The summed E-state index contributed by atoms with van der Waals surface area (Å²) in [6, 6.07) is 48.2. The van der Waals surface area contributed by atoms with Gasteiger partial charge in [-0.1, -0.05) is 162 Å². The summed E-state index contributed by atoms with van der Waals surface area (Å²) in [5.74, 6) is 0. The van der Waals surface area contributed by atoms with Crippen LogP contribution in [0.5, 0.6) is 0 Å². The first-order valence-electron chi connectivity index (χ1n) is 17.6. The second-order valence-electron chi connectivity index (χ2n) is 12.7. The predicted octanol–water partition coefficient (Wildman–Crippen LogP) is 7.89. The summed E-state index contributed by atoms with van der Waals surface area (Å²) in [7, 11) is 0. The van der Waals surface area contributed by atoms with Crippen molar-refractivity contribution in [2.45, 2.75) is 13.7 Å². The maximum absolute atomic E-state index is 6.07. The van der Waals surface area contributed by atoms with Crippen LogP contribution >= 0.6 is 0 Å². The second-order valence-corrected chi connectivity index (χ2v) is 12.7. The number of hydrogen-bond donors (Lipinski definition) is 0. The van der Waals surface area contributed by atoms with Crippen LogP contribution in [0.1, 0.15) is 40.4 Å². The summed E-state index contributed by atoms with van der Waals surface area (Å²) < 4.78 is 8.15. The molecule has 0 atom stereocenters. The molecule has 0 N–H and O–H groups in total. The molecule has 5 nitrogen and oxygen atoms in total. The molecule has 6 heteroatoms. The molecule has 53 heavy (non-hydrogen) atoms. The summed E-state index contributed by atoms with van der Waals surface area (Å²) in [6.45, 7) is 2.93. The summed E-state index contributed by atoms with van der Waals surface area (Å²) in [5, 5.41) is 1.71. The van der Waals surface area contributed by atoms with Crippen LogP contribution in [0.15, 0.2) is 185 Å². The molecule has 0 spiro atoms. The maximum atomic E-state index is 6.07. The first-order valence-corrected chi connectivity index (χ1v) is 17.6. The van der Waals surface area contributed by atoms with E-state index in [0.717, 1.165) is 89.3 Å². The Morgan fingerprint density at radius 1 is 0.547 bits per heavy atom. The fourth-order valence-electron chi connectivity index (χ4n) is 7.14. The Kier molecular flexibility index (Phi) is 9.56. The molecule has 6 aromatic rings. The zero-order valence-corrected chi connectivity index (χ0v) is 30.0. The van der Waals surface area contributed by atoms with Crippen molar-refractivity contribution in [3.63, 3.8) is 0 Å². The quantitative estimate of drug-likeness (QED) is 0.124. The SMILES string of the molecule is CCOCn1[c-]c2cc1C(c1ccccc1)=c1ccc([n-]1)=C(c1ccccc1)C1=NC(=C(c3ccccc3)C3=NC(=C2c2ccccc2)C=C3)C=C1.[Ni+2]. The molecule has 5 heterocycles. The van der Waals surface area contributed by atoms with Gasteiger partial charge in [0, 0.05) is 17.9 Å². The zero-order valence-electron chi connectivity index (χ0n) is 29.0. The van der Waals surface area contributed by atoms with E-state index in [9.17, 15) is 0 Å². The number of ether oxygens (including phenoxy) is 1. The summed E-state index contributed by atoms with van der Waals surface area (Å²) in [5.41, 5.74) is 13.4. The second kappa shape index (κ2) is 14.9. The standard InChI is InChI=1S/C47H34N4O.Ni/c1-2-52-31-51-30-36-29-43(51)47(35-21-13-6-14-22-35)42-28-27-41(50-42)46(34-19-11-5-12-20-34)40-26-25-39(49-40)45(33-17-9-4-10-18-33)38-24-23-37(48-38)44(36)32-15-7-3-8-16-32;/h3-29H,2,31H2,1H3;/q-2;+2. The van der Waals surface area contributed by atoms with Gasteiger partial charge in [-0.2, -0.15) is 6.07 Å². The average molecular weight is 730 g/mol. The third-order valence-corrected chi connectivity index (χ3v) is 9.48. The molecular weight excluding hydrogens is 695 g/mol. The van der Waals surface area contributed by atoms with Gasteiger partial charge < -0.3 is 14.3 Å². The number of fused-ring (bicyclic) bond motifs is 6. The molecule has 2 aromatic heterocycles. The molecule has 4 aromatic carbocycles. The van der Waals surface area contributed by atoms with E-state index in [0.29, 0.717) is 13.3 Å². The van der Waals surface area contributed by atoms with Crippen LogP contribution in [-0.2, 0) is 28.0 Å². The van der Waals surface area contributed by atoms with E-state index in [1.165, 1.54) is 0 Å². The molecule has 8 bridgehead atoms. The van der Waals surface area contributed by atoms with Gasteiger partial charge >= 0.3 is 16.5 Å². The van der Waals surface area contributed by atoms with Gasteiger partial charge in [0.1, 0.15) is 6.73 Å². The van der Waals surface area contributed by atoms with Crippen molar-refractivity contribution in [1.29, 1.82) is 0 Å². The Balaban J connectivity index is 0.00000400. The van der Waals surface area contributed by atoms with Crippen LogP contribution in [-0.4, -0.2) is 22.6 Å². The van der Waals surface area contributed by atoms with E-state index >= 15 is 0 Å². The van der Waals surface area contributed by atoms with E-state index in [-0.39, 0.29) is 16.5 Å². The van der Waals surface area contributed by atoms with Crippen molar-refractivity contribution in [3.05, 3.63) is 226 Å². The number of allylic oxidation sites excluding steroid dienone is 5. The molecule has 0 saturated heterocycles. The Bertz CT molecular complexity index is 2620. The van der Waals surface area contributed by atoms with Gasteiger partial charge in [0.05, 0.1) is 17.1 Å². The van der Waals surface area contributed by atoms with Crippen molar-refractivity contribution in [1.82, 2.24) is 9.55 Å². The Morgan fingerprint density at radius 3 is 1.55 bits per heavy atom. The number of rotatable bonds is 7. The van der Waals surface area contributed by atoms with Crippen molar-refractivity contribution < 1.29 is 21.2 Å². The number of aromatic nitrogens is 2. The first-order chi connectivity index (χ1) is 25.7. The largest absolute Gasteiger partial charge is 2.00 e. The van der Waals surface area contributed by atoms with E-state index in [1.54, 1.807) is 0 Å². The molecule has 0 unspecified atom stereocenters. The Morgan fingerprint density at radius 2 is 1.00 bits per heavy atom. The summed E-state index contributed by atoms with van der Waals surface area (Å²) in [6.07, 6.45) is 12.2. The van der Waals surface area contributed by atoms with Crippen molar-refractivity contribution in [2.75, 3.05) is 6.61 Å². The number of nitrogens with zero attached hydrogens (tertiary/aromatic N) is 4. The predicted molar refractivity (Wildman–Crippen MR) is 210 cm³/mol. The number of benzene rings is 4. The van der Waals surface area contributed by atoms with Gasteiger partial charge in [0.25, 0.3) is 0 Å². The number of aliphatic imine (C=N–C) groups is 2. The molecule has 0 fully saturated rings. The monoisotopic (exact) mass is 728 g/mol. The maximum Gasteiger partial charge on any atom is 2.00 e. The van der Waals surface area contributed by atoms with Crippen LogP contribution in [0, 0.1) is 6.20 Å². The van der Waals surface area contributed by atoms with Gasteiger partial charge in [0.15, 0.2) is 0 Å². The normalized spacial score (nSPS) is 14.8. The molecule has 258 valence electrons. The molecular formula is C47H34N4NiO. The molecule has 0 radical (unpaired) electrons. The van der Waals surface area contributed by atoms with Gasteiger partial charge in [0.2, 0.25) is 0 Å². The third kappa shape index (κ3) is 6.48. The van der Waals surface area contributed by atoms with E-state index in [1.807, 2.05) is 31.2 Å². The Hall–Kier alpha value is -6.07. The average Bonchev–Trinajstić information content (AvgIpc) is 4.03. The van der Waals surface area contributed by atoms with Crippen molar-refractivity contribution in [3.8, 4) is 0 Å². The van der Waals surface area contributed by atoms with Gasteiger partial charge in [-0.05, 0) is 53.5 Å². The van der Waals surface area contributed by atoms with Crippen LogP contribution in [0.3, 0.4) is 0 Å². The van der Waals surface area contributed by atoms with Crippen molar-refractivity contribution >= 4 is 33.7 Å². The minimum atomic E-state index is 0. The fourth-order valence-corrected chi connectivity index (χ4v) is 7.14. The van der Waals surface area contributed by atoms with Crippen LogP contribution < -0.4 is 15.7 Å². The topological polar surface area (TPSA) is 53.0 Å². The minimum absolute atomic E-state index is 0. The summed E-state index contributed by atoms with van der Waals surface area (Å²) in [4.78, 5) is 16.1. The smallest absolute Gasteiger partial charge is 0.657 e. The zero-order chi connectivity index (χ0) is 34.9.